The van der Waals surface area contributed by atoms with Crippen LogP contribution in [-0.2, 0) is 11.3 Å². The zero-order chi connectivity index (χ0) is 19.1. The molecule has 3 aromatic rings. The number of thioether (sulfide) groups is 1. The molecule has 0 fully saturated rings. The third-order valence-corrected chi connectivity index (χ3v) is 5.30. The van der Waals surface area contributed by atoms with E-state index in [1.165, 1.54) is 0 Å². The first-order chi connectivity index (χ1) is 13.1. The van der Waals surface area contributed by atoms with Crippen LogP contribution in [0.4, 0.5) is 4.79 Å². The lowest BCUT2D eigenvalue weighted by atomic mass is 9.86. The average Bonchev–Trinajstić information content (AvgIpc) is 2.68. The Kier molecular flexibility index (Phi) is 6.32. The van der Waals surface area contributed by atoms with E-state index in [1.54, 1.807) is 0 Å². The van der Waals surface area contributed by atoms with Crippen molar-refractivity contribution in [3.8, 4) is 0 Å². The fourth-order valence-electron chi connectivity index (χ4n) is 3.13. The molecular weight excluding hydrogens is 354 g/mol. The van der Waals surface area contributed by atoms with E-state index in [0.717, 1.165) is 28.5 Å². The van der Waals surface area contributed by atoms with Gasteiger partial charge in [0.15, 0.2) is 0 Å². The van der Waals surface area contributed by atoms with Gasteiger partial charge < -0.3 is 10.5 Å². The van der Waals surface area contributed by atoms with Gasteiger partial charge in [-0.3, -0.25) is 0 Å². The van der Waals surface area contributed by atoms with Crippen molar-refractivity contribution in [2.45, 2.75) is 24.3 Å². The van der Waals surface area contributed by atoms with Crippen LogP contribution in [0.15, 0.2) is 91.0 Å². The summed E-state index contributed by atoms with van der Waals surface area (Å²) in [5.41, 5.74) is 9.74. The van der Waals surface area contributed by atoms with Crippen LogP contribution in [0.3, 0.4) is 0 Å². The number of nitrogens with two attached hydrogens (primary N) is 1. The summed E-state index contributed by atoms with van der Waals surface area (Å²) in [7, 11) is 0. The van der Waals surface area contributed by atoms with Gasteiger partial charge in [-0.05, 0) is 35.4 Å². The lowest BCUT2D eigenvalue weighted by Gasteiger charge is -2.33. The Hall–Kier alpha value is -2.56. The highest BCUT2D eigenvalue weighted by Crippen LogP contribution is 2.40. The highest BCUT2D eigenvalue weighted by Gasteiger charge is 2.36. The maximum atomic E-state index is 12.5. The fourth-order valence-corrected chi connectivity index (χ4v) is 4.00. The Labute approximate surface area is 164 Å². The SMILES string of the molecule is CC(N)(SC(=O)OCc1ccccc1)C(c1ccccc1)c1ccccc1. The van der Waals surface area contributed by atoms with E-state index in [2.05, 4.69) is 0 Å². The van der Waals surface area contributed by atoms with E-state index in [4.69, 9.17) is 10.5 Å². The lowest BCUT2D eigenvalue weighted by molar-refractivity contribution is 0.168. The molecule has 3 rings (SSSR count). The molecular formula is C23H23NO2S. The normalized spacial score (nSPS) is 13.1. The van der Waals surface area contributed by atoms with Crippen LogP contribution in [0.25, 0.3) is 0 Å². The minimum absolute atomic E-state index is 0.144. The number of rotatable bonds is 6. The summed E-state index contributed by atoms with van der Waals surface area (Å²) in [5, 5.41) is -0.374. The van der Waals surface area contributed by atoms with Crippen LogP contribution in [0, 0.1) is 0 Å². The second-order valence-corrected chi connectivity index (χ2v) is 7.98. The summed E-state index contributed by atoms with van der Waals surface area (Å²) in [6.07, 6.45) is 0. The van der Waals surface area contributed by atoms with Crippen molar-refractivity contribution in [1.82, 2.24) is 0 Å². The first-order valence-corrected chi connectivity index (χ1v) is 9.66. The van der Waals surface area contributed by atoms with Gasteiger partial charge >= 0.3 is 5.30 Å². The van der Waals surface area contributed by atoms with Gasteiger partial charge in [0.05, 0.1) is 4.87 Å². The van der Waals surface area contributed by atoms with Gasteiger partial charge in [0, 0.05) is 5.92 Å². The maximum absolute atomic E-state index is 12.5. The van der Waals surface area contributed by atoms with Crippen LogP contribution in [0.1, 0.15) is 29.5 Å². The smallest absolute Gasteiger partial charge is 0.369 e. The summed E-state index contributed by atoms with van der Waals surface area (Å²) in [6.45, 7) is 2.12. The van der Waals surface area contributed by atoms with Crippen LogP contribution in [0.2, 0.25) is 0 Å². The molecule has 4 heteroatoms. The number of hydrogen-bond acceptors (Lipinski definition) is 4. The van der Waals surface area contributed by atoms with E-state index in [9.17, 15) is 4.79 Å². The predicted octanol–water partition coefficient (Wildman–Crippen LogP) is 5.56. The Morgan fingerprint density at radius 2 is 1.33 bits per heavy atom. The van der Waals surface area contributed by atoms with Crippen LogP contribution in [0.5, 0.6) is 0 Å². The van der Waals surface area contributed by atoms with Gasteiger partial charge in [-0.1, -0.05) is 91.0 Å². The van der Waals surface area contributed by atoms with Gasteiger partial charge in [0.2, 0.25) is 0 Å². The van der Waals surface area contributed by atoms with E-state index >= 15 is 0 Å². The zero-order valence-electron chi connectivity index (χ0n) is 15.2. The number of carbonyl (C=O) groups is 1. The molecule has 0 saturated carbocycles. The van der Waals surface area contributed by atoms with E-state index < -0.39 is 4.87 Å². The predicted molar refractivity (Wildman–Crippen MR) is 112 cm³/mol. The molecule has 0 amide bonds. The largest absolute Gasteiger partial charge is 0.453 e. The summed E-state index contributed by atoms with van der Waals surface area (Å²) < 4.78 is 5.43. The topological polar surface area (TPSA) is 52.3 Å². The number of carbonyl (C=O) groups excluding carboxylic acids is 1. The van der Waals surface area contributed by atoms with Crippen molar-refractivity contribution in [3.63, 3.8) is 0 Å². The molecule has 0 bridgehead atoms. The molecule has 3 nitrogen and oxygen atoms in total. The molecule has 2 N–H and O–H groups in total. The standard InChI is InChI=1S/C23H23NO2S/c1-23(24,27-22(25)26-17-18-11-5-2-6-12-18)21(19-13-7-3-8-14-19)20-15-9-4-10-16-20/h2-16,21H,17,24H2,1H3. The van der Waals surface area contributed by atoms with E-state index in [0.29, 0.717) is 0 Å². The monoisotopic (exact) mass is 377 g/mol. The first kappa shape index (κ1) is 19.2. The molecule has 27 heavy (non-hydrogen) atoms. The Bertz CT molecular complexity index is 812. The maximum Gasteiger partial charge on any atom is 0.369 e. The van der Waals surface area contributed by atoms with Gasteiger partial charge in [-0.2, -0.15) is 0 Å². The Morgan fingerprint density at radius 3 is 1.81 bits per heavy atom. The minimum atomic E-state index is -0.865. The molecule has 0 aliphatic carbocycles. The molecule has 0 aliphatic rings. The van der Waals surface area contributed by atoms with E-state index in [-0.39, 0.29) is 17.8 Å². The van der Waals surface area contributed by atoms with E-state index in [1.807, 2.05) is 97.9 Å². The van der Waals surface area contributed by atoms with Crippen LogP contribution >= 0.6 is 11.8 Å². The van der Waals surface area contributed by atoms with Crippen molar-refractivity contribution in [2.75, 3.05) is 0 Å². The second kappa shape index (κ2) is 8.89. The molecule has 0 spiro atoms. The summed E-state index contributed by atoms with van der Waals surface area (Å²) in [5.74, 6) is -0.144. The van der Waals surface area contributed by atoms with Gasteiger partial charge in [-0.15, -0.1) is 0 Å². The van der Waals surface area contributed by atoms with Crippen molar-refractivity contribution >= 4 is 17.1 Å². The molecule has 138 valence electrons. The second-order valence-electron chi connectivity index (χ2n) is 6.56. The zero-order valence-corrected chi connectivity index (χ0v) is 16.1. The first-order valence-electron chi connectivity index (χ1n) is 8.85. The number of benzene rings is 3. The number of ether oxygens (including phenoxy) is 1. The highest BCUT2D eigenvalue weighted by molar-refractivity contribution is 8.14. The van der Waals surface area contributed by atoms with Crippen LogP contribution in [-0.4, -0.2) is 10.2 Å². The van der Waals surface area contributed by atoms with Crippen molar-refractivity contribution in [3.05, 3.63) is 108 Å². The summed E-state index contributed by atoms with van der Waals surface area (Å²) >= 11 is 1.04. The summed E-state index contributed by atoms with van der Waals surface area (Å²) in [4.78, 5) is 11.6. The molecule has 3 aromatic carbocycles. The minimum Gasteiger partial charge on any atom is -0.453 e. The molecule has 0 aliphatic heterocycles. The average molecular weight is 378 g/mol. The van der Waals surface area contributed by atoms with Crippen LogP contribution < -0.4 is 5.73 Å². The van der Waals surface area contributed by atoms with Crippen molar-refractivity contribution in [2.24, 2.45) is 5.73 Å². The molecule has 0 radical (unpaired) electrons. The molecule has 1 unspecified atom stereocenters. The van der Waals surface area contributed by atoms with Gasteiger partial charge in [-0.25, -0.2) is 4.79 Å². The molecule has 1 atom stereocenters. The molecule has 0 heterocycles. The third-order valence-electron chi connectivity index (χ3n) is 4.34. The summed E-state index contributed by atoms with van der Waals surface area (Å²) in [6, 6.07) is 29.7. The molecule has 0 aromatic heterocycles. The quantitative estimate of drug-likeness (QED) is 0.451. The van der Waals surface area contributed by atoms with Crippen molar-refractivity contribution < 1.29 is 9.53 Å². The van der Waals surface area contributed by atoms with Crippen molar-refractivity contribution in [1.29, 1.82) is 0 Å². The lowest BCUT2D eigenvalue weighted by Crippen LogP contribution is -2.41. The Morgan fingerprint density at radius 1 is 0.889 bits per heavy atom. The van der Waals surface area contributed by atoms with Gasteiger partial charge in [0.1, 0.15) is 6.61 Å². The number of hydrogen-bond donors (Lipinski definition) is 1. The highest BCUT2D eigenvalue weighted by atomic mass is 32.2. The Balaban J connectivity index is 1.77. The fraction of sp³-hybridized carbons (Fsp3) is 0.174. The third kappa shape index (κ3) is 5.22. The van der Waals surface area contributed by atoms with Gasteiger partial charge in [0.25, 0.3) is 0 Å². The molecule has 0 saturated heterocycles.